The van der Waals surface area contributed by atoms with Gasteiger partial charge >= 0.3 is 0 Å². The first-order valence-electron chi connectivity index (χ1n) is 9.21. The van der Waals surface area contributed by atoms with E-state index in [-0.39, 0.29) is 4.90 Å². The fraction of sp³-hybridized carbons (Fsp3) is 0.400. The number of hydrogen-bond acceptors (Lipinski definition) is 5. The van der Waals surface area contributed by atoms with Crippen molar-refractivity contribution in [2.45, 2.75) is 44.9 Å². The van der Waals surface area contributed by atoms with Crippen LogP contribution >= 0.6 is 0 Å². The molecule has 0 aliphatic carbocycles. The third-order valence-electron chi connectivity index (χ3n) is 4.80. The Balaban J connectivity index is 1.69. The van der Waals surface area contributed by atoms with Crippen molar-refractivity contribution in [1.82, 2.24) is 9.29 Å². The first kappa shape index (κ1) is 19.5. The van der Waals surface area contributed by atoms with E-state index in [1.807, 2.05) is 0 Å². The lowest BCUT2D eigenvalue weighted by Gasteiger charge is -2.25. The van der Waals surface area contributed by atoms with E-state index in [4.69, 9.17) is 0 Å². The summed E-state index contributed by atoms with van der Waals surface area (Å²) in [5.74, 6) is 0.506. The maximum absolute atomic E-state index is 12.6. The average molecular weight is 387 g/mol. The van der Waals surface area contributed by atoms with Gasteiger partial charge in [0.05, 0.1) is 6.21 Å². The van der Waals surface area contributed by atoms with Gasteiger partial charge in [-0.2, -0.15) is 9.41 Å². The second kappa shape index (κ2) is 8.19. The number of aryl methyl sites for hydroxylation is 3. The van der Waals surface area contributed by atoms with E-state index in [0.29, 0.717) is 18.9 Å². The topological polar surface area (TPSA) is 74.7 Å². The molecular formula is C20H26N4O2S. The lowest BCUT2D eigenvalue weighted by atomic mass is 10.0. The highest BCUT2D eigenvalue weighted by Crippen LogP contribution is 2.21. The van der Waals surface area contributed by atoms with Crippen molar-refractivity contribution >= 4 is 22.1 Å². The van der Waals surface area contributed by atoms with E-state index in [9.17, 15) is 8.42 Å². The highest BCUT2D eigenvalue weighted by atomic mass is 32.2. The van der Waals surface area contributed by atoms with E-state index in [0.717, 1.165) is 36.0 Å². The van der Waals surface area contributed by atoms with Crippen LogP contribution in [0.15, 0.2) is 40.5 Å². The molecular weight excluding hydrogens is 360 g/mol. The second-order valence-electron chi connectivity index (χ2n) is 7.03. The molecule has 1 aliphatic heterocycles. The van der Waals surface area contributed by atoms with E-state index in [2.05, 4.69) is 48.4 Å². The number of nitrogens with zero attached hydrogens (tertiary/aromatic N) is 3. The SMILES string of the molecule is Cc1cc(C)c(C=NNc2ccc(S(=O)(=O)N3CCCCC3)cn2)c(C)c1. The molecule has 7 heteroatoms. The highest BCUT2D eigenvalue weighted by molar-refractivity contribution is 7.89. The Labute approximate surface area is 161 Å². The molecule has 0 bridgehead atoms. The Hall–Kier alpha value is -2.25. The number of rotatable bonds is 5. The molecule has 27 heavy (non-hydrogen) atoms. The molecule has 1 saturated heterocycles. The average Bonchev–Trinajstić information content (AvgIpc) is 2.65. The summed E-state index contributed by atoms with van der Waals surface area (Å²) < 4.78 is 26.8. The minimum absolute atomic E-state index is 0.226. The normalized spacial score (nSPS) is 16.0. The molecule has 1 fully saturated rings. The van der Waals surface area contributed by atoms with Crippen molar-refractivity contribution in [2.24, 2.45) is 5.10 Å². The number of pyridine rings is 1. The van der Waals surface area contributed by atoms with E-state index in [1.165, 1.54) is 11.8 Å². The van der Waals surface area contributed by atoms with Gasteiger partial charge in [-0.1, -0.05) is 24.1 Å². The third-order valence-corrected chi connectivity index (χ3v) is 6.68. The maximum Gasteiger partial charge on any atom is 0.244 e. The van der Waals surface area contributed by atoms with E-state index in [1.54, 1.807) is 22.7 Å². The maximum atomic E-state index is 12.6. The van der Waals surface area contributed by atoms with Crippen LogP contribution in [0.2, 0.25) is 0 Å². The van der Waals surface area contributed by atoms with Gasteiger partial charge in [0.15, 0.2) is 0 Å². The van der Waals surface area contributed by atoms with Gasteiger partial charge in [-0.3, -0.25) is 5.43 Å². The third kappa shape index (κ3) is 4.54. The molecule has 0 radical (unpaired) electrons. The molecule has 1 aromatic heterocycles. The molecule has 2 aromatic rings. The van der Waals surface area contributed by atoms with Crippen molar-refractivity contribution in [3.05, 3.63) is 52.7 Å². The van der Waals surface area contributed by atoms with Crippen molar-refractivity contribution in [2.75, 3.05) is 18.5 Å². The number of nitrogens with one attached hydrogen (secondary N) is 1. The van der Waals surface area contributed by atoms with Crippen LogP contribution in [-0.2, 0) is 10.0 Å². The zero-order chi connectivity index (χ0) is 19.4. The summed E-state index contributed by atoms with van der Waals surface area (Å²) in [5, 5.41) is 4.25. The Morgan fingerprint density at radius 1 is 1.07 bits per heavy atom. The predicted octanol–water partition coefficient (Wildman–Crippen LogP) is 3.63. The van der Waals surface area contributed by atoms with Crippen LogP contribution in [0.1, 0.15) is 41.5 Å². The van der Waals surface area contributed by atoms with Gasteiger partial charge in [-0.15, -0.1) is 0 Å². The number of sulfonamides is 1. The Morgan fingerprint density at radius 2 is 1.74 bits per heavy atom. The number of hydrogen-bond donors (Lipinski definition) is 1. The van der Waals surface area contributed by atoms with Gasteiger partial charge in [-0.05, 0) is 56.9 Å². The molecule has 0 saturated carbocycles. The monoisotopic (exact) mass is 386 g/mol. The van der Waals surface area contributed by atoms with Crippen molar-refractivity contribution in [3.63, 3.8) is 0 Å². The van der Waals surface area contributed by atoms with Crippen LogP contribution < -0.4 is 5.43 Å². The van der Waals surface area contributed by atoms with Crippen LogP contribution in [0.3, 0.4) is 0 Å². The molecule has 0 amide bonds. The van der Waals surface area contributed by atoms with Crippen LogP contribution in [-0.4, -0.2) is 37.0 Å². The fourth-order valence-electron chi connectivity index (χ4n) is 3.41. The van der Waals surface area contributed by atoms with Gasteiger partial charge in [0.25, 0.3) is 0 Å². The molecule has 144 valence electrons. The van der Waals surface area contributed by atoms with Crippen molar-refractivity contribution in [3.8, 4) is 0 Å². The van der Waals surface area contributed by atoms with Crippen LogP contribution in [0.25, 0.3) is 0 Å². The van der Waals surface area contributed by atoms with Crippen molar-refractivity contribution in [1.29, 1.82) is 0 Å². The summed E-state index contributed by atoms with van der Waals surface area (Å²) in [5.41, 5.74) is 7.48. The Morgan fingerprint density at radius 3 is 2.33 bits per heavy atom. The molecule has 3 rings (SSSR count). The minimum atomic E-state index is -3.45. The largest absolute Gasteiger partial charge is 0.261 e. The van der Waals surface area contributed by atoms with Gasteiger partial charge in [-0.25, -0.2) is 13.4 Å². The zero-order valence-corrected chi connectivity index (χ0v) is 16.9. The molecule has 2 heterocycles. The number of piperidine rings is 1. The molecule has 0 atom stereocenters. The Bertz CT molecular complexity index is 908. The first-order chi connectivity index (χ1) is 12.9. The second-order valence-corrected chi connectivity index (χ2v) is 8.96. The quantitative estimate of drug-likeness (QED) is 0.629. The lowest BCUT2D eigenvalue weighted by Crippen LogP contribution is -2.35. The highest BCUT2D eigenvalue weighted by Gasteiger charge is 2.26. The van der Waals surface area contributed by atoms with Gasteiger partial charge in [0, 0.05) is 24.8 Å². The molecule has 1 N–H and O–H groups in total. The zero-order valence-electron chi connectivity index (χ0n) is 16.1. The predicted molar refractivity (Wildman–Crippen MR) is 109 cm³/mol. The number of anilines is 1. The fourth-order valence-corrected chi connectivity index (χ4v) is 4.87. The number of hydrazone groups is 1. The molecule has 1 aromatic carbocycles. The van der Waals surface area contributed by atoms with Crippen LogP contribution in [0, 0.1) is 20.8 Å². The summed E-state index contributed by atoms with van der Waals surface area (Å²) in [4.78, 5) is 4.43. The number of benzene rings is 1. The van der Waals surface area contributed by atoms with Crippen LogP contribution in [0.5, 0.6) is 0 Å². The number of aromatic nitrogens is 1. The Kier molecular flexibility index (Phi) is 5.92. The van der Waals surface area contributed by atoms with E-state index >= 15 is 0 Å². The van der Waals surface area contributed by atoms with Crippen LogP contribution in [0.4, 0.5) is 5.82 Å². The standard InChI is InChI=1S/C20H26N4O2S/c1-15-11-16(2)19(17(3)12-15)14-22-23-20-8-7-18(13-21-20)27(25,26)24-9-5-4-6-10-24/h7-8,11-14H,4-6,9-10H2,1-3H3,(H,21,23). The summed E-state index contributed by atoms with van der Waals surface area (Å²) in [6.45, 7) is 7.35. The summed E-state index contributed by atoms with van der Waals surface area (Å²) in [6, 6.07) is 7.46. The lowest BCUT2D eigenvalue weighted by molar-refractivity contribution is 0.346. The molecule has 0 unspecified atom stereocenters. The van der Waals surface area contributed by atoms with Gasteiger partial charge in [0.2, 0.25) is 10.0 Å². The summed E-state index contributed by atoms with van der Waals surface area (Å²) >= 11 is 0. The summed E-state index contributed by atoms with van der Waals surface area (Å²) in [6.07, 6.45) is 6.08. The molecule has 6 nitrogen and oxygen atoms in total. The summed E-state index contributed by atoms with van der Waals surface area (Å²) in [7, 11) is -3.45. The van der Waals surface area contributed by atoms with E-state index < -0.39 is 10.0 Å². The van der Waals surface area contributed by atoms with Crippen molar-refractivity contribution < 1.29 is 8.42 Å². The minimum Gasteiger partial charge on any atom is -0.261 e. The first-order valence-corrected chi connectivity index (χ1v) is 10.6. The molecule has 1 aliphatic rings. The molecule has 0 spiro atoms. The smallest absolute Gasteiger partial charge is 0.244 e. The van der Waals surface area contributed by atoms with Gasteiger partial charge in [0.1, 0.15) is 10.7 Å². The van der Waals surface area contributed by atoms with Gasteiger partial charge < -0.3 is 0 Å².